The lowest BCUT2D eigenvalue weighted by atomic mass is 10.0. The summed E-state index contributed by atoms with van der Waals surface area (Å²) in [4.78, 5) is 40.0. The lowest BCUT2D eigenvalue weighted by molar-refractivity contribution is -0.140. The Labute approximate surface area is 370 Å². The predicted molar refractivity (Wildman–Crippen MR) is 247 cm³/mol. The zero-order valence-corrected chi connectivity index (χ0v) is 37.5. The second kappa shape index (κ2) is 21.0. The third-order valence-corrected chi connectivity index (χ3v) is 13.8. The maximum atomic E-state index is 11.6. The zero-order chi connectivity index (χ0) is 42.0. The number of hydrogen-bond acceptors (Lipinski definition) is 12. The predicted octanol–water partition coefficient (Wildman–Crippen LogP) is 9.58. The highest BCUT2D eigenvalue weighted by molar-refractivity contribution is 7.22. The number of piperidine rings is 2. The second-order valence-corrected chi connectivity index (χ2v) is 18.2. The van der Waals surface area contributed by atoms with E-state index in [1.165, 1.54) is 25.3 Å². The number of esters is 2. The van der Waals surface area contributed by atoms with Gasteiger partial charge in [0.2, 0.25) is 0 Å². The van der Waals surface area contributed by atoms with Crippen molar-refractivity contribution in [1.82, 2.24) is 20.2 Å². The smallest absolute Gasteiger partial charge is 0.309 e. The van der Waals surface area contributed by atoms with Gasteiger partial charge in [-0.15, -0.1) is 0 Å². The molecule has 4 aromatic carbocycles. The SMILES string of the molecule is CCN(Cc1cccc(CC(=O)OC)c1)C1CCN(c2nc3ccc(Cl)cc3s2)CC1.COC(=O)Cc1cccc(CNC2CCN(c3nc4ccc(Cl)cc4s3)CC2)c1. The Bertz CT molecular complexity index is 2370. The van der Waals surface area contributed by atoms with Crippen LogP contribution >= 0.6 is 45.9 Å². The summed E-state index contributed by atoms with van der Waals surface area (Å²) in [7, 11) is 2.85. The van der Waals surface area contributed by atoms with Gasteiger partial charge in [-0.2, -0.15) is 0 Å². The minimum absolute atomic E-state index is 0.200. The Balaban J connectivity index is 0.000000182. The molecule has 0 amide bonds. The third-order valence-electron chi connectivity index (χ3n) is 11.2. The van der Waals surface area contributed by atoms with Crippen molar-refractivity contribution in [2.75, 3.05) is 56.7 Å². The van der Waals surface area contributed by atoms with E-state index in [9.17, 15) is 9.59 Å². The molecular weight excluding hydrogens is 836 g/mol. The molecule has 0 bridgehead atoms. The normalized spacial score (nSPS) is 15.0. The first-order valence-corrected chi connectivity index (χ1v) is 22.9. The van der Waals surface area contributed by atoms with Crippen molar-refractivity contribution < 1.29 is 19.1 Å². The summed E-state index contributed by atoms with van der Waals surface area (Å²) in [6, 6.07) is 29.2. The molecule has 0 unspecified atom stereocenters. The Morgan fingerprint density at radius 1 is 0.700 bits per heavy atom. The first-order valence-electron chi connectivity index (χ1n) is 20.5. The van der Waals surface area contributed by atoms with Crippen LogP contribution in [0, 0.1) is 0 Å². The van der Waals surface area contributed by atoms with E-state index < -0.39 is 0 Å². The number of aromatic nitrogens is 2. The number of thiazole rings is 2. The quantitative estimate of drug-likeness (QED) is 0.113. The van der Waals surface area contributed by atoms with Gasteiger partial charge < -0.3 is 24.6 Å². The molecule has 0 spiro atoms. The van der Waals surface area contributed by atoms with Gasteiger partial charge in [0.25, 0.3) is 0 Å². The first-order chi connectivity index (χ1) is 29.2. The first kappa shape index (κ1) is 43.8. The Kier molecular flexibility index (Phi) is 15.3. The summed E-state index contributed by atoms with van der Waals surface area (Å²) < 4.78 is 11.8. The van der Waals surface area contributed by atoms with Crippen LogP contribution in [0.15, 0.2) is 84.9 Å². The Hall–Kier alpha value is -4.30. The molecule has 4 heterocycles. The van der Waals surface area contributed by atoms with Crippen molar-refractivity contribution >= 4 is 88.5 Å². The van der Waals surface area contributed by atoms with Gasteiger partial charge in [-0.1, -0.05) is 101 Å². The maximum Gasteiger partial charge on any atom is 0.309 e. The van der Waals surface area contributed by atoms with Crippen LogP contribution in [-0.2, 0) is 45.0 Å². The van der Waals surface area contributed by atoms with Crippen LogP contribution in [0.1, 0.15) is 54.9 Å². The van der Waals surface area contributed by atoms with Crippen LogP contribution in [0.25, 0.3) is 20.4 Å². The number of fused-ring (bicyclic) bond motifs is 2. The van der Waals surface area contributed by atoms with Gasteiger partial charge in [-0.25, -0.2) is 9.97 Å². The van der Waals surface area contributed by atoms with E-state index in [1.54, 1.807) is 22.7 Å². The lowest BCUT2D eigenvalue weighted by Crippen LogP contribution is -2.44. The third kappa shape index (κ3) is 11.7. The number of anilines is 2. The van der Waals surface area contributed by atoms with Crippen LogP contribution in [-0.4, -0.2) is 85.8 Å². The fourth-order valence-electron chi connectivity index (χ4n) is 7.90. The van der Waals surface area contributed by atoms with Crippen LogP contribution in [0.5, 0.6) is 0 Å². The summed E-state index contributed by atoms with van der Waals surface area (Å²) in [5.41, 5.74) is 6.47. The number of rotatable bonds is 13. The molecule has 6 aromatic rings. The molecule has 10 nitrogen and oxygen atoms in total. The average Bonchev–Trinajstić information content (AvgIpc) is 3.89. The Morgan fingerprint density at radius 2 is 1.18 bits per heavy atom. The number of methoxy groups -OCH3 is 2. The van der Waals surface area contributed by atoms with Gasteiger partial charge in [0, 0.05) is 61.4 Å². The maximum absolute atomic E-state index is 11.6. The van der Waals surface area contributed by atoms with Crippen molar-refractivity contribution in [3.63, 3.8) is 0 Å². The van der Waals surface area contributed by atoms with Crippen molar-refractivity contribution in [2.24, 2.45) is 0 Å². The fraction of sp³-hybridized carbons (Fsp3) is 0.391. The minimum atomic E-state index is -0.209. The molecule has 60 heavy (non-hydrogen) atoms. The zero-order valence-electron chi connectivity index (χ0n) is 34.4. The number of nitrogens with one attached hydrogen (secondary N) is 1. The summed E-state index contributed by atoms with van der Waals surface area (Å²) in [6.45, 7) is 8.94. The number of carbonyl (C=O) groups is 2. The molecule has 2 saturated heterocycles. The van der Waals surface area contributed by atoms with Gasteiger partial charge in [0.05, 0.1) is 47.5 Å². The van der Waals surface area contributed by atoms with Gasteiger partial charge in [0.15, 0.2) is 10.3 Å². The topological polar surface area (TPSA) is 100 Å². The van der Waals surface area contributed by atoms with Crippen molar-refractivity contribution in [3.05, 3.63) is 117 Å². The van der Waals surface area contributed by atoms with E-state index in [0.717, 1.165) is 123 Å². The molecule has 2 aliphatic heterocycles. The van der Waals surface area contributed by atoms with E-state index in [4.69, 9.17) is 42.6 Å². The van der Waals surface area contributed by atoms with E-state index >= 15 is 0 Å². The molecule has 0 saturated carbocycles. The second-order valence-electron chi connectivity index (χ2n) is 15.3. The summed E-state index contributed by atoms with van der Waals surface area (Å²) in [5.74, 6) is -0.409. The van der Waals surface area contributed by atoms with Crippen LogP contribution < -0.4 is 15.1 Å². The minimum Gasteiger partial charge on any atom is -0.469 e. The Morgan fingerprint density at radius 3 is 1.70 bits per heavy atom. The molecule has 2 aromatic heterocycles. The van der Waals surface area contributed by atoms with Gasteiger partial charge in [-0.05, 0) is 90.9 Å². The number of hydrogen-bond donors (Lipinski definition) is 1. The van der Waals surface area contributed by atoms with Crippen molar-refractivity contribution in [3.8, 4) is 0 Å². The number of halogens is 2. The molecule has 0 atom stereocenters. The standard InChI is InChI=1S/C24H28ClN3O2S.C22H24ClN3O2S/c1-3-27(16-18-6-4-5-17(13-18)14-23(29)30-2)20-9-11-28(12-10-20)24-26-21-8-7-19(25)15-22(21)31-24;1-28-21(27)12-15-3-2-4-16(11-15)14-24-18-7-9-26(10-8-18)22-25-19-6-5-17(23)13-20(19)29-22/h4-8,13,15,20H,3,9-12,14,16H2,1-2H3;2-6,11,13,18,24H,7-10,12,14H2,1H3. The molecule has 8 rings (SSSR count). The number of ether oxygens (including phenoxy) is 2. The molecule has 0 radical (unpaired) electrons. The molecule has 2 fully saturated rings. The van der Waals surface area contributed by atoms with Crippen LogP contribution in [0.4, 0.5) is 10.3 Å². The van der Waals surface area contributed by atoms with Gasteiger partial charge >= 0.3 is 11.9 Å². The number of benzene rings is 4. The molecular formula is C46H52Cl2N6O4S2. The highest BCUT2D eigenvalue weighted by Crippen LogP contribution is 2.34. The average molecular weight is 888 g/mol. The monoisotopic (exact) mass is 886 g/mol. The van der Waals surface area contributed by atoms with Crippen LogP contribution in [0.2, 0.25) is 10.0 Å². The van der Waals surface area contributed by atoms with Gasteiger partial charge in [-0.3, -0.25) is 14.5 Å². The van der Waals surface area contributed by atoms with E-state index in [2.05, 4.69) is 51.2 Å². The molecule has 14 heteroatoms. The van der Waals surface area contributed by atoms with E-state index in [1.807, 2.05) is 60.7 Å². The van der Waals surface area contributed by atoms with Crippen molar-refractivity contribution in [1.29, 1.82) is 0 Å². The summed E-state index contributed by atoms with van der Waals surface area (Å²) in [5, 5.41) is 7.35. The summed E-state index contributed by atoms with van der Waals surface area (Å²) in [6.07, 6.45) is 5.04. The van der Waals surface area contributed by atoms with E-state index in [-0.39, 0.29) is 11.9 Å². The van der Waals surface area contributed by atoms with Crippen LogP contribution in [0.3, 0.4) is 0 Å². The van der Waals surface area contributed by atoms with E-state index in [0.29, 0.717) is 24.9 Å². The number of nitrogens with zero attached hydrogens (tertiary/aromatic N) is 5. The molecule has 316 valence electrons. The molecule has 2 aliphatic rings. The largest absolute Gasteiger partial charge is 0.469 e. The number of carbonyl (C=O) groups excluding carboxylic acids is 2. The van der Waals surface area contributed by atoms with Gasteiger partial charge in [0.1, 0.15) is 0 Å². The molecule has 0 aliphatic carbocycles. The fourth-order valence-corrected chi connectivity index (χ4v) is 10.5. The lowest BCUT2D eigenvalue weighted by Gasteiger charge is -2.38. The molecule has 1 N–H and O–H groups in total. The highest BCUT2D eigenvalue weighted by atomic mass is 35.5. The van der Waals surface area contributed by atoms with Crippen molar-refractivity contribution in [2.45, 2.75) is 70.6 Å². The summed E-state index contributed by atoms with van der Waals surface area (Å²) >= 11 is 15.7. The highest BCUT2D eigenvalue weighted by Gasteiger charge is 2.26.